The van der Waals surface area contributed by atoms with Gasteiger partial charge in [0.1, 0.15) is 5.82 Å². The molecule has 136 valence electrons. The van der Waals surface area contributed by atoms with Crippen LogP contribution in [0.2, 0.25) is 5.02 Å². The molecular formula is C21H21ClFNO2. The molecule has 1 unspecified atom stereocenters. The van der Waals surface area contributed by atoms with Crippen molar-refractivity contribution in [2.45, 2.75) is 44.4 Å². The summed E-state index contributed by atoms with van der Waals surface area (Å²) in [7, 11) is 0. The van der Waals surface area contributed by atoms with Crippen LogP contribution in [0.3, 0.4) is 0 Å². The zero-order valence-corrected chi connectivity index (χ0v) is 15.2. The highest BCUT2D eigenvalue weighted by molar-refractivity contribution is 6.31. The number of carbonyl (C=O) groups is 1. The van der Waals surface area contributed by atoms with Crippen molar-refractivity contribution in [3.63, 3.8) is 0 Å². The summed E-state index contributed by atoms with van der Waals surface area (Å²) in [5, 5.41) is 0.364. The monoisotopic (exact) mass is 373 g/mol. The Morgan fingerprint density at radius 2 is 2.00 bits per heavy atom. The summed E-state index contributed by atoms with van der Waals surface area (Å²) < 4.78 is 20.0. The number of hydrogen-bond acceptors (Lipinski definition) is 2. The largest absolute Gasteiger partial charge is 0.373 e. The Labute approximate surface area is 157 Å². The smallest absolute Gasteiger partial charge is 0.226 e. The summed E-state index contributed by atoms with van der Waals surface area (Å²) in [5.41, 5.74) is 2.72. The Balaban J connectivity index is 1.52. The average Bonchev–Trinajstić information content (AvgIpc) is 3.47. The van der Waals surface area contributed by atoms with Gasteiger partial charge in [0.05, 0.1) is 25.7 Å². The molecule has 3 nitrogen and oxygen atoms in total. The first-order valence-electron chi connectivity index (χ1n) is 9.05. The zero-order chi connectivity index (χ0) is 18.1. The second kappa shape index (κ2) is 7.37. The third-order valence-corrected chi connectivity index (χ3v) is 5.50. The van der Waals surface area contributed by atoms with E-state index < -0.39 is 0 Å². The van der Waals surface area contributed by atoms with Crippen LogP contribution in [0.5, 0.6) is 0 Å². The lowest BCUT2D eigenvalue weighted by Gasteiger charge is -2.29. The molecule has 2 aliphatic rings. The zero-order valence-electron chi connectivity index (χ0n) is 14.5. The molecule has 1 amide bonds. The summed E-state index contributed by atoms with van der Waals surface area (Å²) in [5.74, 6) is -0.372. The molecule has 4 rings (SSSR count). The van der Waals surface area contributed by atoms with Gasteiger partial charge in [0, 0.05) is 16.6 Å². The quantitative estimate of drug-likeness (QED) is 0.762. The second-order valence-corrected chi connectivity index (χ2v) is 7.37. The fourth-order valence-electron chi connectivity index (χ4n) is 3.58. The average molecular weight is 374 g/mol. The minimum absolute atomic E-state index is 0.00600. The maximum absolute atomic E-state index is 14.2. The third-order valence-electron chi connectivity index (χ3n) is 5.15. The fraction of sp³-hybridized carbons (Fsp3) is 0.381. The summed E-state index contributed by atoms with van der Waals surface area (Å²) in [4.78, 5) is 14.8. The molecule has 0 aromatic heterocycles. The highest BCUT2D eigenvalue weighted by Gasteiger charge is 2.35. The SMILES string of the molecule is O=C(CC1OCCc2ccccc21)N(Cc1c(F)cccc1Cl)C1CC1. The van der Waals surface area contributed by atoms with Crippen molar-refractivity contribution in [2.24, 2.45) is 0 Å². The maximum Gasteiger partial charge on any atom is 0.226 e. The molecule has 1 atom stereocenters. The van der Waals surface area contributed by atoms with Crippen LogP contribution in [-0.4, -0.2) is 23.5 Å². The molecule has 1 aliphatic carbocycles. The van der Waals surface area contributed by atoms with E-state index in [2.05, 4.69) is 6.07 Å². The molecule has 0 saturated heterocycles. The topological polar surface area (TPSA) is 29.5 Å². The summed E-state index contributed by atoms with van der Waals surface area (Å²) in [6, 6.07) is 12.9. The number of amides is 1. The second-order valence-electron chi connectivity index (χ2n) is 6.97. The fourth-order valence-corrected chi connectivity index (χ4v) is 3.81. The lowest BCUT2D eigenvalue weighted by atomic mass is 9.95. The molecule has 2 aromatic carbocycles. The van der Waals surface area contributed by atoms with Crippen molar-refractivity contribution in [2.75, 3.05) is 6.61 Å². The van der Waals surface area contributed by atoms with Crippen LogP contribution in [0, 0.1) is 5.82 Å². The van der Waals surface area contributed by atoms with Crippen molar-refractivity contribution >= 4 is 17.5 Å². The lowest BCUT2D eigenvalue weighted by Crippen LogP contribution is -2.35. The van der Waals surface area contributed by atoms with Gasteiger partial charge in [-0.2, -0.15) is 0 Å². The van der Waals surface area contributed by atoms with Gasteiger partial charge >= 0.3 is 0 Å². The molecule has 0 bridgehead atoms. The van der Waals surface area contributed by atoms with E-state index in [9.17, 15) is 9.18 Å². The van der Waals surface area contributed by atoms with Gasteiger partial charge in [-0.3, -0.25) is 4.79 Å². The predicted octanol–water partition coefficient (Wildman–Crippen LogP) is 4.67. The lowest BCUT2D eigenvalue weighted by molar-refractivity contribution is -0.136. The van der Waals surface area contributed by atoms with Crippen LogP contribution in [-0.2, 0) is 22.5 Å². The number of nitrogens with zero attached hydrogens (tertiary/aromatic N) is 1. The third kappa shape index (κ3) is 3.62. The Hall–Kier alpha value is -1.91. The Kier molecular flexibility index (Phi) is 4.96. The van der Waals surface area contributed by atoms with Crippen LogP contribution in [0.1, 0.15) is 42.1 Å². The Morgan fingerprint density at radius 1 is 1.19 bits per heavy atom. The van der Waals surface area contributed by atoms with E-state index in [-0.39, 0.29) is 36.8 Å². The number of rotatable bonds is 5. The van der Waals surface area contributed by atoms with Crippen LogP contribution >= 0.6 is 11.6 Å². The van der Waals surface area contributed by atoms with Crippen molar-refractivity contribution in [1.29, 1.82) is 0 Å². The van der Waals surface area contributed by atoms with Gasteiger partial charge in [-0.1, -0.05) is 41.9 Å². The van der Waals surface area contributed by atoms with Crippen molar-refractivity contribution in [1.82, 2.24) is 4.90 Å². The molecular weight excluding hydrogens is 353 g/mol. The molecule has 0 N–H and O–H groups in total. The van der Waals surface area contributed by atoms with Gasteiger partial charge in [0.2, 0.25) is 5.91 Å². The molecule has 0 radical (unpaired) electrons. The number of halogens is 2. The Bertz CT molecular complexity index is 801. The number of ether oxygens (including phenoxy) is 1. The summed E-state index contributed by atoms with van der Waals surface area (Å²) in [6.45, 7) is 0.834. The van der Waals surface area contributed by atoms with Crippen LogP contribution in [0.15, 0.2) is 42.5 Å². The van der Waals surface area contributed by atoms with E-state index in [1.807, 2.05) is 18.2 Å². The molecule has 1 fully saturated rings. The van der Waals surface area contributed by atoms with Gasteiger partial charge in [0.15, 0.2) is 0 Å². The van der Waals surface area contributed by atoms with E-state index in [1.165, 1.54) is 11.6 Å². The maximum atomic E-state index is 14.2. The first kappa shape index (κ1) is 17.5. The minimum atomic E-state index is -0.366. The van der Waals surface area contributed by atoms with E-state index in [1.54, 1.807) is 17.0 Å². The van der Waals surface area contributed by atoms with Gasteiger partial charge in [-0.15, -0.1) is 0 Å². The van der Waals surface area contributed by atoms with E-state index >= 15 is 0 Å². The Morgan fingerprint density at radius 3 is 2.77 bits per heavy atom. The van der Waals surface area contributed by atoms with Gasteiger partial charge in [-0.25, -0.2) is 4.39 Å². The number of benzene rings is 2. The molecule has 1 aliphatic heterocycles. The first-order chi connectivity index (χ1) is 12.6. The predicted molar refractivity (Wildman–Crippen MR) is 98.4 cm³/mol. The van der Waals surface area contributed by atoms with Crippen molar-refractivity contribution < 1.29 is 13.9 Å². The van der Waals surface area contributed by atoms with Gasteiger partial charge in [0.25, 0.3) is 0 Å². The highest BCUT2D eigenvalue weighted by atomic mass is 35.5. The molecule has 5 heteroatoms. The van der Waals surface area contributed by atoms with Crippen LogP contribution in [0.4, 0.5) is 4.39 Å². The van der Waals surface area contributed by atoms with E-state index in [0.29, 0.717) is 17.2 Å². The molecule has 1 heterocycles. The summed E-state index contributed by atoms with van der Waals surface area (Å²) in [6.07, 6.45) is 2.84. The summed E-state index contributed by atoms with van der Waals surface area (Å²) >= 11 is 6.16. The molecule has 26 heavy (non-hydrogen) atoms. The number of hydrogen-bond donors (Lipinski definition) is 0. The number of fused-ring (bicyclic) bond motifs is 1. The number of carbonyl (C=O) groups excluding carboxylic acids is 1. The van der Waals surface area contributed by atoms with Crippen LogP contribution in [0.25, 0.3) is 0 Å². The van der Waals surface area contributed by atoms with E-state index in [0.717, 1.165) is 24.8 Å². The van der Waals surface area contributed by atoms with Gasteiger partial charge in [-0.05, 0) is 42.5 Å². The highest BCUT2D eigenvalue weighted by Crippen LogP contribution is 2.34. The molecule has 0 spiro atoms. The molecule has 2 aromatic rings. The van der Waals surface area contributed by atoms with Crippen molar-refractivity contribution in [3.05, 3.63) is 70.0 Å². The van der Waals surface area contributed by atoms with Gasteiger partial charge < -0.3 is 9.64 Å². The normalized spacial score (nSPS) is 19.1. The van der Waals surface area contributed by atoms with Crippen molar-refractivity contribution in [3.8, 4) is 0 Å². The van der Waals surface area contributed by atoms with Crippen LogP contribution < -0.4 is 0 Å². The first-order valence-corrected chi connectivity index (χ1v) is 9.43. The van der Waals surface area contributed by atoms with E-state index in [4.69, 9.17) is 16.3 Å². The minimum Gasteiger partial charge on any atom is -0.373 e. The molecule has 1 saturated carbocycles. The standard InChI is InChI=1S/C21H21ClFNO2/c22-18-6-3-7-19(23)17(18)13-24(15-8-9-15)21(25)12-20-16-5-2-1-4-14(16)10-11-26-20/h1-7,15,20H,8-13H2.